The molecule has 9 heteroatoms. The average Bonchev–Trinajstić information content (AvgIpc) is 3.31. The molecule has 182 valence electrons. The van der Waals surface area contributed by atoms with Gasteiger partial charge in [-0.15, -0.1) is 11.3 Å². The summed E-state index contributed by atoms with van der Waals surface area (Å²) >= 11 is 1.30. The van der Waals surface area contributed by atoms with E-state index in [-0.39, 0.29) is 35.8 Å². The van der Waals surface area contributed by atoms with Crippen LogP contribution in [-0.4, -0.2) is 56.9 Å². The molecule has 0 saturated heterocycles. The Labute approximate surface area is 198 Å². The van der Waals surface area contributed by atoms with E-state index in [4.69, 9.17) is 0 Å². The SMILES string of the molecule is CCN(CC)C(=O)Cn1c(=O)n(CC2CCC(C(=O)N(CC)CC)CC2)c(=O)c2sccc21. The van der Waals surface area contributed by atoms with E-state index < -0.39 is 5.69 Å². The molecule has 0 aromatic carbocycles. The predicted molar refractivity (Wildman–Crippen MR) is 132 cm³/mol. The van der Waals surface area contributed by atoms with Crippen molar-refractivity contribution in [1.82, 2.24) is 18.9 Å². The van der Waals surface area contributed by atoms with Crippen LogP contribution in [0.5, 0.6) is 0 Å². The Hall–Kier alpha value is -2.42. The highest BCUT2D eigenvalue weighted by Crippen LogP contribution is 2.31. The number of hydrogen-bond acceptors (Lipinski definition) is 5. The van der Waals surface area contributed by atoms with Gasteiger partial charge >= 0.3 is 5.69 Å². The van der Waals surface area contributed by atoms with Crippen molar-refractivity contribution < 1.29 is 9.59 Å². The molecule has 0 atom stereocenters. The molecule has 0 N–H and O–H groups in total. The minimum atomic E-state index is -0.423. The quantitative estimate of drug-likeness (QED) is 0.557. The molecule has 1 aliphatic carbocycles. The largest absolute Gasteiger partial charge is 0.343 e. The van der Waals surface area contributed by atoms with Crippen molar-refractivity contribution in [3.8, 4) is 0 Å². The Bertz CT molecular complexity index is 1090. The molecule has 0 spiro atoms. The van der Waals surface area contributed by atoms with E-state index in [1.54, 1.807) is 16.3 Å². The van der Waals surface area contributed by atoms with Crippen LogP contribution in [0.1, 0.15) is 53.4 Å². The fourth-order valence-corrected chi connectivity index (χ4v) is 5.75. The van der Waals surface area contributed by atoms with E-state index >= 15 is 0 Å². The number of thiophene rings is 1. The molecule has 0 unspecified atom stereocenters. The van der Waals surface area contributed by atoms with E-state index in [2.05, 4.69) is 0 Å². The summed E-state index contributed by atoms with van der Waals surface area (Å²) < 4.78 is 3.27. The van der Waals surface area contributed by atoms with Gasteiger partial charge < -0.3 is 9.80 Å². The number of likely N-dealkylation sites (N-methyl/N-ethyl adjacent to an activating group) is 1. The van der Waals surface area contributed by atoms with Crippen LogP contribution in [-0.2, 0) is 22.7 Å². The van der Waals surface area contributed by atoms with Gasteiger partial charge in [-0.2, -0.15) is 0 Å². The van der Waals surface area contributed by atoms with Crippen LogP contribution in [0.3, 0.4) is 0 Å². The van der Waals surface area contributed by atoms with Gasteiger partial charge in [-0.3, -0.25) is 23.5 Å². The zero-order valence-electron chi connectivity index (χ0n) is 20.2. The van der Waals surface area contributed by atoms with Crippen LogP contribution < -0.4 is 11.2 Å². The average molecular weight is 477 g/mol. The zero-order chi connectivity index (χ0) is 24.1. The fraction of sp³-hybridized carbons (Fsp3) is 0.667. The number of fused-ring (bicyclic) bond motifs is 1. The number of amides is 2. The first-order valence-electron chi connectivity index (χ1n) is 12.1. The second-order valence-corrected chi connectivity index (χ2v) is 9.63. The number of carbonyl (C=O) groups is 2. The molecule has 33 heavy (non-hydrogen) atoms. The summed E-state index contributed by atoms with van der Waals surface area (Å²) in [7, 11) is 0. The molecule has 3 rings (SSSR count). The van der Waals surface area contributed by atoms with Crippen LogP contribution in [0.4, 0.5) is 0 Å². The van der Waals surface area contributed by atoms with Crippen molar-refractivity contribution in [2.45, 2.75) is 66.5 Å². The molecule has 2 aromatic rings. The summed E-state index contributed by atoms with van der Waals surface area (Å²) in [5.41, 5.74) is -0.175. The fourth-order valence-electron chi connectivity index (χ4n) is 4.90. The Balaban J connectivity index is 1.82. The van der Waals surface area contributed by atoms with Gasteiger partial charge in [0.15, 0.2) is 0 Å². The van der Waals surface area contributed by atoms with Gasteiger partial charge in [-0.25, -0.2) is 4.79 Å². The molecule has 2 amide bonds. The first-order valence-corrected chi connectivity index (χ1v) is 13.0. The lowest BCUT2D eigenvalue weighted by Gasteiger charge is -2.31. The van der Waals surface area contributed by atoms with Crippen molar-refractivity contribution in [3.63, 3.8) is 0 Å². The molecule has 0 aliphatic heterocycles. The van der Waals surface area contributed by atoms with Gasteiger partial charge in [0, 0.05) is 38.6 Å². The smallest absolute Gasteiger partial charge is 0.332 e. The summed E-state index contributed by atoms with van der Waals surface area (Å²) in [5, 5.41) is 1.79. The Morgan fingerprint density at radius 3 is 2.12 bits per heavy atom. The van der Waals surface area contributed by atoms with Gasteiger partial charge in [0.25, 0.3) is 5.56 Å². The molecule has 1 aliphatic rings. The predicted octanol–water partition coefficient (Wildman–Crippen LogP) is 2.77. The minimum Gasteiger partial charge on any atom is -0.343 e. The number of rotatable bonds is 9. The van der Waals surface area contributed by atoms with Crippen molar-refractivity contribution in [2.75, 3.05) is 26.2 Å². The van der Waals surface area contributed by atoms with E-state index in [9.17, 15) is 19.2 Å². The number of nitrogens with zero attached hydrogens (tertiary/aromatic N) is 4. The summed E-state index contributed by atoms with van der Waals surface area (Å²) in [4.78, 5) is 55.4. The highest BCUT2D eigenvalue weighted by atomic mass is 32.1. The van der Waals surface area contributed by atoms with E-state index in [1.807, 2.05) is 32.6 Å². The topological polar surface area (TPSA) is 84.6 Å². The minimum absolute atomic E-state index is 0.0287. The summed E-state index contributed by atoms with van der Waals surface area (Å²) in [6.07, 6.45) is 3.18. The van der Waals surface area contributed by atoms with Crippen LogP contribution >= 0.6 is 11.3 Å². The summed E-state index contributed by atoms with van der Waals surface area (Å²) in [6.45, 7) is 10.7. The first kappa shape index (κ1) is 25.2. The van der Waals surface area contributed by atoms with Crippen LogP contribution in [0.15, 0.2) is 21.0 Å². The number of carbonyl (C=O) groups excluding carboxylic acids is 2. The highest BCUT2D eigenvalue weighted by molar-refractivity contribution is 7.17. The van der Waals surface area contributed by atoms with Gasteiger partial charge in [0.05, 0.1) is 5.52 Å². The van der Waals surface area contributed by atoms with Crippen LogP contribution in [0, 0.1) is 11.8 Å². The van der Waals surface area contributed by atoms with Crippen molar-refractivity contribution in [3.05, 3.63) is 32.3 Å². The lowest BCUT2D eigenvalue weighted by molar-refractivity contribution is -0.136. The maximum Gasteiger partial charge on any atom is 0.332 e. The summed E-state index contributed by atoms with van der Waals surface area (Å²) in [6, 6.07) is 1.74. The summed E-state index contributed by atoms with van der Waals surface area (Å²) in [5.74, 6) is 0.282. The molecular formula is C24H36N4O4S. The van der Waals surface area contributed by atoms with Gasteiger partial charge in [-0.1, -0.05) is 0 Å². The third-order valence-corrected chi connectivity index (χ3v) is 7.85. The third kappa shape index (κ3) is 5.23. The standard InChI is InChI=1S/C24H36N4O4S/c1-5-25(6-2)20(29)16-27-19-13-14-33-21(19)23(31)28(24(27)32)15-17-9-11-18(12-10-17)22(30)26(7-3)8-4/h13-14,17-18H,5-12,15-16H2,1-4H3. The third-order valence-electron chi connectivity index (χ3n) is 6.96. The first-order chi connectivity index (χ1) is 15.9. The van der Waals surface area contributed by atoms with Crippen molar-refractivity contribution in [2.24, 2.45) is 11.8 Å². The van der Waals surface area contributed by atoms with Crippen LogP contribution in [0.25, 0.3) is 10.2 Å². The van der Waals surface area contributed by atoms with Crippen molar-refractivity contribution >= 4 is 33.4 Å². The second kappa shape index (κ2) is 11.1. The van der Waals surface area contributed by atoms with Gasteiger partial charge in [0.1, 0.15) is 11.2 Å². The molecule has 2 aromatic heterocycles. The number of aromatic nitrogens is 2. The number of hydrogen-bond donors (Lipinski definition) is 0. The Morgan fingerprint density at radius 1 is 0.939 bits per heavy atom. The Morgan fingerprint density at radius 2 is 1.55 bits per heavy atom. The molecule has 0 radical (unpaired) electrons. The van der Waals surface area contributed by atoms with Crippen LogP contribution in [0.2, 0.25) is 0 Å². The van der Waals surface area contributed by atoms with Crippen molar-refractivity contribution in [1.29, 1.82) is 0 Å². The monoisotopic (exact) mass is 476 g/mol. The highest BCUT2D eigenvalue weighted by Gasteiger charge is 2.29. The van der Waals surface area contributed by atoms with E-state index in [0.29, 0.717) is 29.9 Å². The van der Waals surface area contributed by atoms with E-state index in [0.717, 1.165) is 38.8 Å². The lowest BCUT2D eigenvalue weighted by atomic mass is 9.81. The molecule has 2 heterocycles. The normalized spacial score (nSPS) is 18.4. The maximum absolute atomic E-state index is 13.3. The molecule has 0 bridgehead atoms. The maximum atomic E-state index is 13.3. The van der Waals surface area contributed by atoms with E-state index in [1.165, 1.54) is 20.5 Å². The zero-order valence-corrected chi connectivity index (χ0v) is 21.0. The molecular weight excluding hydrogens is 440 g/mol. The molecule has 1 fully saturated rings. The van der Waals surface area contributed by atoms with Gasteiger partial charge in [-0.05, 0) is 70.7 Å². The Kier molecular flexibility index (Phi) is 8.51. The lowest BCUT2D eigenvalue weighted by Crippen LogP contribution is -2.44. The molecule has 1 saturated carbocycles. The second-order valence-electron chi connectivity index (χ2n) is 8.71. The van der Waals surface area contributed by atoms with Gasteiger partial charge in [0.2, 0.25) is 11.8 Å². The molecule has 8 nitrogen and oxygen atoms in total.